The van der Waals surface area contributed by atoms with Crippen molar-refractivity contribution in [3.8, 4) is 11.5 Å². The summed E-state index contributed by atoms with van der Waals surface area (Å²) in [7, 11) is 0. The van der Waals surface area contributed by atoms with Gasteiger partial charge in [0.25, 0.3) is 0 Å². The molecule has 0 unspecified atom stereocenters. The Morgan fingerprint density at radius 2 is 1.13 bits per heavy atom. The van der Waals surface area contributed by atoms with E-state index in [1.54, 1.807) is 22.7 Å². The maximum Gasteiger partial charge on any atom is 0.120 e. The Morgan fingerprint density at radius 3 is 1.58 bits per heavy atom. The van der Waals surface area contributed by atoms with Crippen molar-refractivity contribution >= 4 is 54.4 Å². The molecular formula is C24H22N2O2S3. The van der Waals surface area contributed by atoms with Crippen LogP contribution in [0.2, 0.25) is 0 Å². The molecule has 0 spiro atoms. The number of rotatable bonds is 8. The quantitative estimate of drug-likeness (QED) is 0.248. The van der Waals surface area contributed by atoms with Crippen molar-refractivity contribution in [2.24, 2.45) is 0 Å². The monoisotopic (exact) mass is 466 g/mol. The van der Waals surface area contributed by atoms with Gasteiger partial charge in [-0.2, -0.15) is 0 Å². The fourth-order valence-corrected chi connectivity index (χ4v) is 6.73. The van der Waals surface area contributed by atoms with E-state index in [2.05, 4.69) is 24.3 Å². The molecule has 0 aliphatic heterocycles. The number of nitrogens with zero attached hydrogens (tertiary/aromatic N) is 2. The van der Waals surface area contributed by atoms with Crippen LogP contribution >= 0.6 is 34.0 Å². The van der Waals surface area contributed by atoms with Gasteiger partial charge in [0.05, 0.1) is 43.7 Å². The van der Waals surface area contributed by atoms with E-state index in [0.717, 1.165) is 45.4 Å². The summed E-state index contributed by atoms with van der Waals surface area (Å²) in [6, 6.07) is 16.7. The lowest BCUT2D eigenvalue weighted by Gasteiger charge is -2.00. The van der Waals surface area contributed by atoms with E-state index in [1.807, 2.05) is 49.4 Å². The molecule has 0 radical (unpaired) electrons. The number of thiophene rings is 1. The summed E-state index contributed by atoms with van der Waals surface area (Å²) in [6.45, 7) is 5.36. The molecule has 3 heterocycles. The highest BCUT2D eigenvalue weighted by Crippen LogP contribution is 2.31. The van der Waals surface area contributed by atoms with Gasteiger partial charge in [0.1, 0.15) is 11.5 Å². The van der Waals surface area contributed by atoms with Crippen molar-refractivity contribution in [2.45, 2.75) is 26.7 Å². The number of ether oxygens (including phenoxy) is 2. The van der Waals surface area contributed by atoms with Gasteiger partial charge in [-0.25, -0.2) is 9.97 Å². The average Bonchev–Trinajstić information content (AvgIpc) is 3.46. The molecule has 158 valence electrons. The summed E-state index contributed by atoms with van der Waals surface area (Å²) in [5.41, 5.74) is 2.09. The molecule has 31 heavy (non-hydrogen) atoms. The molecule has 0 N–H and O–H groups in total. The molecule has 5 aromatic rings. The minimum absolute atomic E-state index is 0.678. The first kappa shape index (κ1) is 20.4. The minimum Gasteiger partial charge on any atom is -0.494 e. The molecule has 0 saturated heterocycles. The van der Waals surface area contributed by atoms with Crippen LogP contribution in [0.1, 0.15) is 33.6 Å². The van der Waals surface area contributed by atoms with Crippen LogP contribution in [0.15, 0.2) is 48.5 Å². The van der Waals surface area contributed by atoms with Crippen molar-refractivity contribution in [3.63, 3.8) is 0 Å². The summed E-state index contributed by atoms with van der Waals surface area (Å²) >= 11 is 5.34. The Bertz CT molecular complexity index is 1230. The lowest BCUT2D eigenvalue weighted by molar-refractivity contribution is 0.340. The van der Waals surface area contributed by atoms with Gasteiger partial charge >= 0.3 is 0 Å². The van der Waals surface area contributed by atoms with Crippen molar-refractivity contribution in [1.82, 2.24) is 9.97 Å². The number of aromatic nitrogens is 2. The zero-order valence-corrected chi connectivity index (χ0v) is 19.8. The molecule has 0 atom stereocenters. The second-order valence-corrected chi connectivity index (χ2v) is 10.5. The van der Waals surface area contributed by atoms with Crippen molar-refractivity contribution in [1.29, 1.82) is 0 Å². The van der Waals surface area contributed by atoms with Gasteiger partial charge in [0.15, 0.2) is 0 Å². The Balaban J connectivity index is 1.30. The highest BCUT2D eigenvalue weighted by atomic mass is 32.1. The summed E-state index contributed by atoms with van der Waals surface area (Å²) in [5, 5.41) is 2.28. The van der Waals surface area contributed by atoms with Crippen LogP contribution < -0.4 is 9.47 Å². The normalized spacial score (nSPS) is 11.4. The Hall–Kier alpha value is -2.48. The van der Waals surface area contributed by atoms with Crippen molar-refractivity contribution in [2.75, 3.05) is 13.2 Å². The average molecular weight is 467 g/mol. The van der Waals surface area contributed by atoms with Crippen LogP contribution in [0.25, 0.3) is 20.4 Å². The third-order valence-electron chi connectivity index (χ3n) is 4.80. The molecule has 2 aromatic carbocycles. The Kier molecular flexibility index (Phi) is 5.89. The number of hydrogen-bond acceptors (Lipinski definition) is 7. The maximum absolute atomic E-state index is 5.61. The summed E-state index contributed by atoms with van der Waals surface area (Å²) < 4.78 is 13.6. The standard InChI is InChI=1S/C24H22N2O2S3/c1-3-27-15-5-9-19-21(11-15)30-23(25-19)13-17-7-8-18(29-17)14-24-26-20-10-6-16(28-4-2)12-22(20)31-24/h5-12H,3-4,13-14H2,1-2H3. The van der Waals surface area contributed by atoms with E-state index >= 15 is 0 Å². The minimum atomic E-state index is 0.678. The molecule has 0 aliphatic carbocycles. The molecule has 5 rings (SSSR count). The van der Waals surface area contributed by atoms with Gasteiger partial charge in [0, 0.05) is 22.6 Å². The third kappa shape index (κ3) is 4.59. The number of thiazole rings is 2. The molecular weight excluding hydrogens is 444 g/mol. The highest BCUT2D eigenvalue weighted by Gasteiger charge is 2.11. The Morgan fingerprint density at radius 1 is 0.645 bits per heavy atom. The zero-order valence-electron chi connectivity index (χ0n) is 17.4. The topological polar surface area (TPSA) is 44.2 Å². The summed E-state index contributed by atoms with van der Waals surface area (Å²) in [5.74, 6) is 1.82. The predicted molar refractivity (Wildman–Crippen MR) is 132 cm³/mol. The fraction of sp³-hybridized carbons (Fsp3) is 0.250. The van der Waals surface area contributed by atoms with Crippen LogP contribution in [0, 0.1) is 0 Å². The van der Waals surface area contributed by atoms with E-state index < -0.39 is 0 Å². The predicted octanol–water partition coefficient (Wildman–Crippen LogP) is 6.95. The van der Waals surface area contributed by atoms with Crippen LogP contribution in [-0.4, -0.2) is 23.2 Å². The Labute approximate surface area is 193 Å². The first-order valence-corrected chi connectivity index (χ1v) is 12.8. The summed E-state index contributed by atoms with van der Waals surface area (Å²) in [4.78, 5) is 12.3. The van der Waals surface area contributed by atoms with Crippen LogP contribution in [0.5, 0.6) is 11.5 Å². The van der Waals surface area contributed by atoms with Crippen LogP contribution in [0.3, 0.4) is 0 Å². The molecule has 7 heteroatoms. The molecule has 0 bridgehead atoms. The molecule has 0 amide bonds. The molecule has 0 aliphatic rings. The molecule has 3 aromatic heterocycles. The van der Waals surface area contributed by atoms with Gasteiger partial charge < -0.3 is 9.47 Å². The third-order valence-corrected chi connectivity index (χ3v) is 7.92. The van der Waals surface area contributed by atoms with Crippen LogP contribution in [0.4, 0.5) is 0 Å². The zero-order chi connectivity index (χ0) is 21.2. The number of hydrogen-bond donors (Lipinski definition) is 0. The maximum atomic E-state index is 5.61. The van der Waals surface area contributed by atoms with Gasteiger partial charge in [0.2, 0.25) is 0 Å². The van der Waals surface area contributed by atoms with E-state index in [9.17, 15) is 0 Å². The van der Waals surface area contributed by atoms with Gasteiger partial charge in [-0.15, -0.1) is 34.0 Å². The first-order chi connectivity index (χ1) is 15.2. The van der Waals surface area contributed by atoms with E-state index in [-0.39, 0.29) is 0 Å². The molecule has 0 saturated carbocycles. The van der Waals surface area contributed by atoms with Crippen molar-refractivity contribution in [3.05, 3.63) is 68.3 Å². The van der Waals surface area contributed by atoms with E-state index in [0.29, 0.717) is 13.2 Å². The lowest BCUT2D eigenvalue weighted by atomic mass is 10.3. The fourth-order valence-electron chi connectivity index (χ4n) is 3.48. The lowest BCUT2D eigenvalue weighted by Crippen LogP contribution is -1.89. The first-order valence-electron chi connectivity index (χ1n) is 10.3. The molecule has 4 nitrogen and oxygen atoms in total. The highest BCUT2D eigenvalue weighted by molar-refractivity contribution is 7.19. The second-order valence-electron chi connectivity index (χ2n) is 7.06. The number of benzene rings is 2. The SMILES string of the molecule is CCOc1ccc2nc(Cc3ccc(Cc4nc5ccc(OCC)cc5s4)s3)sc2c1. The molecule has 0 fully saturated rings. The van der Waals surface area contributed by atoms with Gasteiger partial charge in [-0.3, -0.25) is 0 Å². The smallest absolute Gasteiger partial charge is 0.120 e. The van der Waals surface area contributed by atoms with E-state index in [1.165, 1.54) is 19.2 Å². The van der Waals surface area contributed by atoms with Gasteiger partial charge in [-0.05, 0) is 62.4 Å². The largest absolute Gasteiger partial charge is 0.494 e. The van der Waals surface area contributed by atoms with Crippen molar-refractivity contribution < 1.29 is 9.47 Å². The summed E-state index contributed by atoms with van der Waals surface area (Å²) in [6.07, 6.45) is 1.73. The van der Waals surface area contributed by atoms with E-state index in [4.69, 9.17) is 19.4 Å². The second kappa shape index (κ2) is 8.94. The van der Waals surface area contributed by atoms with Gasteiger partial charge in [-0.1, -0.05) is 0 Å². The number of fused-ring (bicyclic) bond motifs is 2. The van der Waals surface area contributed by atoms with Crippen LogP contribution in [-0.2, 0) is 12.8 Å².